The summed E-state index contributed by atoms with van der Waals surface area (Å²) in [6.45, 7) is 3.09. The predicted octanol–water partition coefficient (Wildman–Crippen LogP) is 3.52. The third kappa shape index (κ3) is 3.47. The summed E-state index contributed by atoms with van der Waals surface area (Å²) in [5, 5.41) is 3.45. The molecule has 1 nitrogen and oxygen atoms in total. The molecule has 0 aromatic heterocycles. The number of halogens is 1. The molecule has 1 fully saturated rings. The van der Waals surface area contributed by atoms with E-state index in [9.17, 15) is 0 Å². The van der Waals surface area contributed by atoms with E-state index in [1.54, 1.807) is 0 Å². The molecule has 0 atom stereocenters. The Bertz CT molecular complexity index is 367. The molecular formula is C13H16BrN. The van der Waals surface area contributed by atoms with Crippen molar-refractivity contribution in [2.45, 2.75) is 25.8 Å². The van der Waals surface area contributed by atoms with Crippen molar-refractivity contribution in [3.05, 3.63) is 39.9 Å². The van der Waals surface area contributed by atoms with E-state index < -0.39 is 0 Å². The summed E-state index contributed by atoms with van der Waals surface area (Å²) < 4.78 is 1.18. The lowest BCUT2D eigenvalue weighted by Gasteiger charge is -2.00. The fraction of sp³-hybridized carbons (Fsp3) is 0.385. The molecule has 1 aliphatic carbocycles. The van der Waals surface area contributed by atoms with Crippen molar-refractivity contribution in [3.8, 4) is 0 Å². The minimum absolute atomic E-state index is 0.791. The summed E-state index contributed by atoms with van der Waals surface area (Å²) in [5.74, 6) is 0. The average Bonchev–Trinajstić information content (AvgIpc) is 3.02. The van der Waals surface area contributed by atoms with Gasteiger partial charge in [0, 0.05) is 17.1 Å². The number of rotatable bonds is 4. The van der Waals surface area contributed by atoms with Crippen LogP contribution in [0.4, 0.5) is 0 Å². The Hall–Kier alpha value is -0.600. The van der Waals surface area contributed by atoms with Gasteiger partial charge < -0.3 is 5.32 Å². The van der Waals surface area contributed by atoms with E-state index in [0.717, 1.165) is 12.6 Å². The maximum Gasteiger partial charge on any atom is 0.0210 e. The lowest BCUT2D eigenvalue weighted by molar-refractivity contribution is 0.754. The smallest absolute Gasteiger partial charge is 0.0210 e. The predicted molar refractivity (Wildman–Crippen MR) is 68.9 cm³/mol. The van der Waals surface area contributed by atoms with Gasteiger partial charge in [-0.1, -0.05) is 40.2 Å². The van der Waals surface area contributed by atoms with Gasteiger partial charge >= 0.3 is 0 Å². The molecule has 15 heavy (non-hydrogen) atoms. The van der Waals surface area contributed by atoms with Gasteiger partial charge in [0.15, 0.2) is 0 Å². The number of nitrogens with one attached hydrogen (secondary N) is 1. The van der Waals surface area contributed by atoms with E-state index in [-0.39, 0.29) is 0 Å². The molecule has 1 aromatic carbocycles. The first-order chi connectivity index (χ1) is 7.25. The summed E-state index contributed by atoms with van der Waals surface area (Å²) in [6, 6.07) is 7.23. The van der Waals surface area contributed by atoms with Gasteiger partial charge in [-0.15, -0.1) is 0 Å². The molecule has 0 saturated heterocycles. The van der Waals surface area contributed by atoms with Crippen LogP contribution in [0, 0.1) is 6.92 Å². The molecule has 0 spiro atoms. The fourth-order valence-corrected chi connectivity index (χ4v) is 1.83. The van der Waals surface area contributed by atoms with Crippen LogP contribution in [0.25, 0.3) is 6.08 Å². The van der Waals surface area contributed by atoms with Crippen molar-refractivity contribution >= 4 is 22.0 Å². The SMILES string of the molecule is Cc1ccc(/C=C/CNC2CC2)cc1Br. The highest BCUT2D eigenvalue weighted by atomic mass is 79.9. The largest absolute Gasteiger partial charge is 0.311 e. The Balaban J connectivity index is 1.88. The van der Waals surface area contributed by atoms with E-state index >= 15 is 0 Å². The first-order valence-electron chi connectivity index (χ1n) is 5.42. The zero-order valence-corrected chi connectivity index (χ0v) is 10.5. The van der Waals surface area contributed by atoms with Crippen molar-refractivity contribution in [2.24, 2.45) is 0 Å². The van der Waals surface area contributed by atoms with Gasteiger partial charge in [0.05, 0.1) is 0 Å². The Morgan fingerprint density at radius 2 is 2.27 bits per heavy atom. The summed E-state index contributed by atoms with van der Waals surface area (Å²) in [5.41, 5.74) is 2.54. The van der Waals surface area contributed by atoms with Gasteiger partial charge in [-0.25, -0.2) is 0 Å². The Morgan fingerprint density at radius 3 is 2.93 bits per heavy atom. The number of aryl methyl sites for hydroxylation is 1. The fourth-order valence-electron chi connectivity index (χ4n) is 1.43. The molecule has 1 aromatic rings. The molecule has 1 N–H and O–H groups in total. The zero-order chi connectivity index (χ0) is 10.7. The highest BCUT2D eigenvalue weighted by Crippen LogP contribution is 2.19. The lowest BCUT2D eigenvalue weighted by Crippen LogP contribution is -2.15. The Kier molecular flexibility index (Phi) is 3.60. The van der Waals surface area contributed by atoms with Crippen LogP contribution in [0.15, 0.2) is 28.7 Å². The number of hydrogen-bond acceptors (Lipinski definition) is 1. The topological polar surface area (TPSA) is 12.0 Å². The van der Waals surface area contributed by atoms with Gasteiger partial charge in [-0.2, -0.15) is 0 Å². The van der Waals surface area contributed by atoms with Gasteiger partial charge in [0.2, 0.25) is 0 Å². The Morgan fingerprint density at radius 1 is 1.47 bits per heavy atom. The van der Waals surface area contributed by atoms with Crippen LogP contribution in [0.2, 0.25) is 0 Å². The molecule has 1 saturated carbocycles. The summed E-state index contributed by atoms with van der Waals surface area (Å²) >= 11 is 3.54. The van der Waals surface area contributed by atoms with Crippen LogP contribution in [-0.4, -0.2) is 12.6 Å². The molecule has 0 unspecified atom stereocenters. The Labute approximate surface area is 99.7 Å². The van der Waals surface area contributed by atoms with Gasteiger partial charge in [0.25, 0.3) is 0 Å². The van der Waals surface area contributed by atoms with Crippen molar-refractivity contribution in [1.82, 2.24) is 5.32 Å². The third-order valence-corrected chi connectivity index (χ3v) is 3.46. The summed E-state index contributed by atoms with van der Waals surface area (Å²) in [4.78, 5) is 0. The van der Waals surface area contributed by atoms with Crippen molar-refractivity contribution in [1.29, 1.82) is 0 Å². The first kappa shape index (κ1) is 10.9. The van der Waals surface area contributed by atoms with E-state index in [1.807, 2.05) is 0 Å². The van der Waals surface area contributed by atoms with Crippen molar-refractivity contribution in [3.63, 3.8) is 0 Å². The van der Waals surface area contributed by atoms with E-state index in [2.05, 4.69) is 58.5 Å². The highest BCUT2D eigenvalue weighted by Gasteiger charge is 2.18. The van der Waals surface area contributed by atoms with Gasteiger partial charge in [-0.3, -0.25) is 0 Å². The van der Waals surface area contributed by atoms with Gasteiger partial charge in [-0.05, 0) is 37.0 Å². The number of benzene rings is 1. The second kappa shape index (κ2) is 4.95. The van der Waals surface area contributed by atoms with E-state index in [4.69, 9.17) is 0 Å². The molecular weight excluding hydrogens is 250 g/mol. The lowest BCUT2D eigenvalue weighted by atomic mass is 10.1. The van der Waals surface area contributed by atoms with Crippen molar-refractivity contribution < 1.29 is 0 Å². The second-order valence-corrected chi connectivity index (χ2v) is 4.95. The van der Waals surface area contributed by atoms with Crippen LogP contribution in [0.1, 0.15) is 24.0 Å². The maximum atomic E-state index is 3.54. The molecule has 2 heteroatoms. The second-order valence-electron chi connectivity index (χ2n) is 4.09. The van der Waals surface area contributed by atoms with Gasteiger partial charge in [0.1, 0.15) is 0 Å². The van der Waals surface area contributed by atoms with Crippen LogP contribution in [-0.2, 0) is 0 Å². The van der Waals surface area contributed by atoms with Crippen LogP contribution < -0.4 is 5.32 Å². The van der Waals surface area contributed by atoms with Crippen LogP contribution >= 0.6 is 15.9 Å². The normalized spacial score (nSPS) is 16.1. The standard InChI is InChI=1S/C13H16BrN/c1-10-4-5-11(9-13(10)14)3-2-8-15-12-6-7-12/h2-5,9,12,15H,6-8H2,1H3/b3-2+. The summed E-state index contributed by atoms with van der Waals surface area (Å²) in [7, 11) is 0. The molecule has 0 amide bonds. The monoisotopic (exact) mass is 265 g/mol. The summed E-state index contributed by atoms with van der Waals surface area (Å²) in [6.07, 6.45) is 7.06. The van der Waals surface area contributed by atoms with E-state index in [0.29, 0.717) is 0 Å². The van der Waals surface area contributed by atoms with Crippen molar-refractivity contribution in [2.75, 3.05) is 6.54 Å². The van der Waals surface area contributed by atoms with Crippen LogP contribution in [0.5, 0.6) is 0 Å². The number of hydrogen-bond donors (Lipinski definition) is 1. The molecule has 2 rings (SSSR count). The molecule has 1 aliphatic rings. The molecule has 0 radical (unpaired) electrons. The van der Waals surface area contributed by atoms with Crippen LogP contribution in [0.3, 0.4) is 0 Å². The quantitative estimate of drug-likeness (QED) is 0.879. The third-order valence-electron chi connectivity index (χ3n) is 2.61. The minimum atomic E-state index is 0.791. The maximum absolute atomic E-state index is 3.54. The molecule has 0 bridgehead atoms. The first-order valence-corrected chi connectivity index (χ1v) is 6.21. The molecule has 0 aliphatic heterocycles. The average molecular weight is 266 g/mol. The minimum Gasteiger partial charge on any atom is -0.311 e. The highest BCUT2D eigenvalue weighted by molar-refractivity contribution is 9.10. The van der Waals surface area contributed by atoms with E-state index in [1.165, 1.54) is 28.4 Å². The molecule has 0 heterocycles. The zero-order valence-electron chi connectivity index (χ0n) is 8.96. The molecule has 80 valence electrons.